The van der Waals surface area contributed by atoms with Crippen LogP contribution in [0.15, 0.2) is 103 Å². The molecule has 4 fully saturated rings. The van der Waals surface area contributed by atoms with Crippen LogP contribution in [0.2, 0.25) is 5.04 Å². The molecule has 0 amide bonds. The first-order valence-corrected chi connectivity index (χ1v) is 19.8. The summed E-state index contributed by atoms with van der Waals surface area (Å²) in [5, 5.41) is 7.69. The first-order valence-electron chi connectivity index (χ1n) is 17.9. The van der Waals surface area contributed by atoms with Crippen LogP contribution in [0.3, 0.4) is 0 Å². The molecule has 4 aliphatic rings. The largest absolute Gasteiger partial charge is 0.407 e. The molecule has 9 rings (SSSR count). The molecular formula is C42H50N4O2Si. The minimum atomic E-state index is -2.69. The van der Waals surface area contributed by atoms with Crippen LogP contribution in [-0.2, 0) is 20.2 Å². The minimum Gasteiger partial charge on any atom is -0.407 e. The van der Waals surface area contributed by atoms with Crippen LogP contribution < -0.4 is 15.3 Å². The molecular weight excluding hydrogens is 621 g/mol. The molecule has 254 valence electrons. The lowest BCUT2D eigenvalue weighted by molar-refractivity contribution is -0.0659. The predicted molar refractivity (Wildman–Crippen MR) is 200 cm³/mol. The van der Waals surface area contributed by atoms with Crippen LogP contribution in [0.25, 0.3) is 5.65 Å². The van der Waals surface area contributed by atoms with Gasteiger partial charge in [0.15, 0.2) is 11.5 Å². The van der Waals surface area contributed by atoms with Crippen molar-refractivity contribution in [1.29, 1.82) is 0 Å². The van der Waals surface area contributed by atoms with Gasteiger partial charge in [-0.2, -0.15) is 0 Å². The van der Waals surface area contributed by atoms with E-state index in [1.807, 2.05) is 4.52 Å². The third-order valence-electron chi connectivity index (χ3n) is 12.3. The van der Waals surface area contributed by atoms with Gasteiger partial charge in [-0.3, -0.25) is 0 Å². The fourth-order valence-electron chi connectivity index (χ4n) is 9.38. The summed E-state index contributed by atoms with van der Waals surface area (Å²) in [6.45, 7) is 18.7. The molecule has 0 unspecified atom stereocenters. The van der Waals surface area contributed by atoms with Crippen molar-refractivity contribution in [3.05, 3.63) is 120 Å². The van der Waals surface area contributed by atoms with E-state index in [9.17, 15) is 0 Å². The lowest BCUT2D eigenvalue weighted by atomic mass is 9.57. The van der Waals surface area contributed by atoms with Crippen molar-refractivity contribution in [3.8, 4) is 0 Å². The predicted octanol–water partition coefficient (Wildman–Crippen LogP) is 7.57. The van der Waals surface area contributed by atoms with Crippen molar-refractivity contribution < 1.29 is 9.16 Å². The van der Waals surface area contributed by atoms with Gasteiger partial charge in [0.25, 0.3) is 8.32 Å². The quantitative estimate of drug-likeness (QED) is 0.160. The first kappa shape index (κ1) is 32.4. The summed E-state index contributed by atoms with van der Waals surface area (Å²) in [6, 6.07) is 35.1. The smallest absolute Gasteiger partial charge is 0.261 e. The average molecular weight is 671 g/mol. The number of aromatic nitrogens is 3. The van der Waals surface area contributed by atoms with E-state index in [1.165, 1.54) is 21.6 Å². The van der Waals surface area contributed by atoms with Gasteiger partial charge < -0.3 is 14.1 Å². The fourth-order valence-corrected chi connectivity index (χ4v) is 14.0. The van der Waals surface area contributed by atoms with Crippen LogP contribution in [0.5, 0.6) is 0 Å². The standard InChI is InChI=1S/C42H50N4O2Si/c1-31-25-33(45-24-23-40(7,29-45)32-17-11-8-12-18-32)26-46-36(31)43-37(44-46)42-27-41(28-42,39(5,6)48-42)30-47-49(38(2,3)4,34-19-13-9-14-20-34)35-21-15-10-16-22-35/h8-22,25-26H,23-24,27-30H2,1-7H3/t40-,41?,42?/m0/s1. The summed E-state index contributed by atoms with van der Waals surface area (Å²) in [5.74, 6) is 0.801. The number of nitrogens with zero attached hydrogens (tertiary/aromatic N) is 4. The zero-order chi connectivity index (χ0) is 34.3. The average Bonchev–Trinajstić information content (AvgIpc) is 3.80. The number of fused-ring (bicyclic) bond motifs is 2. The number of hydrogen-bond acceptors (Lipinski definition) is 5. The highest BCUT2D eigenvalue weighted by molar-refractivity contribution is 6.99. The van der Waals surface area contributed by atoms with Gasteiger partial charge in [-0.05, 0) is 72.6 Å². The Morgan fingerprint density at radius 3 is 2.04 bits per heavy atom. The normalized spacial score (nSPS) is 26.3. The second-order valence-electron chi connectivity index (χ2n) is 16.9. The molecule has 7 heteroatoms. The molecule has 3 aromatic carbocycles. The van der Waals surface area contributed by atoms with Crippen molar-refractivity contribution in [2.75, 3.05) is 24.6 Å². The van der Waals surface area contributed by atoms with Crippen LogP contribution in [0.4, 0.5) is 5.69 Å². The summed E-state index contributed by atoms with van der Waals surface area (Å²) >= 11 is 0. The maximum Gasteiger partial charge on any atom is 0.261 e. The highest BCUT2D eigenvalue weighted by Crippen LogP contribution is 2.70. The van der Waals surface area contributed by atoms with Crippen molar-refractivity contribution in [2.45, 2.75) is 89.4 Å². The number of ether oxygens (including phenoxy) is 1. The molecule has 1 saturated carbocycles. The van der Waals surface area contributed by atoms with Crippen molar-refractivity contribution in [2.24, 2.45) is 5.41 Å². The van der Waals surface area contributed by atoms with Crippen LogP contribution in [0, 0.1) is 12.3 Å². The minimum absolute atomic E-state index is 0.0803. The maximum absolute atomic E-state index is 7.51. The maximum atomic E-state index is 7.51. The third-order valence-corrected chi connectivity index (χ3v) is 17.3. The number of pyridine rings is 1. The van der Waals surface area contributed by atoms with E-state index in [1.54, 1.807) is 0 Å². The highest BCUT2D eigenvalue weighted by Gasteiger charge is 2.74. The Bertz CT molecular complexity index is 1940. The molecule has 0 N–H and O–H groups in total. The molecule has 2 bridgehead atoms. The Hall–Kier alpha value is -3.78. The van der Waals surface area contributed by atoms with E-state index in [0.717, 1.165) is 49.4 Å². The fraction of sp³-hybridized carbons (Fsp3) is 0.429. The Morgan fingerprint density at radius 2 is 1.45 bits per heavy atom. The molecule has 6 nitrogen and oxygen atoms in total. The molecule has 5 aromatic rings. The van der Waals surface area contributed by atoms with Gasteiger partial charge in [-0.1, -0.05) is 119 Å². The second-order valence-corrected chi connectivity index (χ2v) is 21.2. The van der Waals surface area contributed by atoms with Crippen molar-refractivity contribution in [3.63, 3.8) is 0 Å². The molecule has 0 spiro atoms. The van der Waals surface area contributed by atoms with E-state index in [4.69, 9.17) is 19.2 Å². The summed E-state index contributed by atoms with van der Waals surface area (Å²) in [5.41, 5.74) is 3.77. The monoisotopic (exact) mass is 670 g/mol. The molecule has 49 heavy (non-hydrogen) atoms. The Balaban J connectivity index is 1.08. The van der Waals surface area contributed by atoms with E-state index >= 15 is 0 Å². The summed E-state index contributed by atoms with van der Waals surface area (Å²) < 4.78 is 16.5. The van der Waals surface area contributed by atoms with E-state index < -0.39 is 13.9 Å². The molecule has 3 saturated heterocycles. The van der Waals surface area contributed by atoms with Gasteiger partial charge in [0, 0.05) is 30.5 Å². The number of hydrogen-bond donors (Lipinski definition) is 0. The molecule has 1 aliphatic carbocycles. The summed E-state index contributed by atoms with van der Waals surface area (Å²) in [7, 11) is -2.69. The van der Waals surface area contributed by atoms with Gasteiger partial charge in [-0.15, -0.1) is 5.10 Å². The van der Waals surface area contributed by atoms with Crippen molar-refractivity contribution >= 4 is 30.0 Å². The molecule has 1 atom stereocenters. The molecule has 5 heterocycles. The summed E-state index contributed by atoms with van der Waals surface area (Å²) in [6.07, 6.45) is 5.01. The Labute approximate surface area is 292 Å². The number of aryl methyl sites for hydroxylation is 1. The molecule has 2 aromatic heterocycles. The highest BCUT2D eigenvalue weighted by atomic mass is 28.4. The Morgan fingerprint density at radius 1 is 0.857 bits per heavy atom. The van der Waals surface area contributed by atoms with Crippen LogP contribution >= 0.6 is 0 Å². The number of anilines is 1. The molecule has 0 radical (unpaired) electrons. The summed E-state index contributed by atoms with van der Waals surface area (Å²) in [4.78, 5) is 7.67. The molecule has 3 aliphatic heterocycles. The second kappa shape index (κ2) is 11.1. The van der Waals surface area contributed by atoms with E-state index in [0.29, 0.717) is 6.61 Å². The number of rotatable bonds is 8. The number of benzene rings is 3. The zero-order valence-electron chi connectivity index (χ0n) is 30.2. The van der Waals surface area contributed by atoms with Crippen LogP contribution in [0.1, 0.15) is 77.8 Å². The topological polar surface area (TPSA) is 51.9 Å². The van der Waals surface area contributed by atoms with Gasteiger partial charge in [0.2, 0.25) is 0 Å². The lowest BCUT2D eigenvalue weighted by Gasteiger charge is -2.50. The SMILES string of the molecule is Cc1cc(N2CC[C@](C)(c3ccccc3)C2)cn2nc(C34CC(CO[Si](c5ccccc5)(c5ccccc5)C(C)(C)C)(C3)C(C)(C)O4)nc12. The zero-order valence-corrected chi connectivity index (χ0v) is 31.2. The third kappa shape index (κ3) is 4.95. The Kier molecular flexibility index (Phi) is 7.35. The van der Waals surface area contributed by atoms with Gasteiger partial charge in [0.1, 0.15) is 5.60 Å². The first-order chi connectivity index (χ1) is 23.3. The van der Waals surface area contributed by atoms with Gasteiger partial charge in [0.05, 0.1) is 17.5 Å². The van der Waals surface area contributed by atoms with E-state index in [2.05, 4.69) is 157 Å². The van der Waals surface area contributed by atoms with E-state index in [-0.39, 0.29) is 21.5 Å². The van der Waals surface area contributed by atoms with Crippen LogP contribution in [-0.4, -0.2) is 48.2 Å². The van der Waals surface area contributed by atoms with Gasteiger partial charge in [-0.25, -0.2) is 9.50 Å². The lowest BCUT2D eigenvalue weighted by Crippen LogP contribution is -2.68. The van der Waals surface area contributed by atoms with Crippen molar-refractivity contribution in [1.82, 2.24) is 14.6 Å². The van der Waals surface area contributed by atoms with Gasteiger partial charge >= 0.3 is 0 Å².